The van der Waals surface area contributed by atoms with E-state index in [0.717, 1.165) is 11.6 Å². The number of rotatable bonds is 6. The molecule has 22 heavy (non-hydrogen) atoms. The van der Waals surface area contributed by atoms with Crippen LogP contribution in [0.2, 0.25) is 0 Å². The number of hydrogen-bond acceptors (Lipinski definition) is 2. The third-order valence-corrected chi connectivity index (χ3v) is 3.28. The number of benzene rings is 2. The van der Waals surface area contributed by atoms with Gasteiger partial charge in [0.1, 0.15) is 17.4 Å². The Hall–Kier alpha value is -2.43. The van der Waals surface area contributed by atoms with E-state index in [1.807, 2.05) is 18.2 Å². The SMILES string of the molecule is COc1ccccc1CC(=O)NCCc1ccc(F)cc1F. The molecule has 0 aliphatic carbocycles. The van der Waals surface area contributed by atoms with Crippen LogP contribution >= 0.6 is 0 Å². The summed E-state index contributed by atoms with van der Waals surface area (Å²) in [5, 5.41) is 2.72. The Bertz CT molecular complexity index is 659. The molecule has 0 unspecified atom stereocenters. The quantitative estimate of drug-likeness (QED) is 0.891. The van der Waals surface area contributed by atoms with E-state index in [9.17, 15) is 13.6 Å². The lowest BCUT2D eigenvalue weighted by Crippen LogP contribution is -2.27. The van der Waals surface area contributed by atoms with E-state index in [0.29, 0.717) is 17.7 Å². The van der Waals surface area contributed by atoms with E-state index < -0.39 is 11.6 Å². The van der Waals surface area contributed by atoms with Crippen LogP contribution in [0.15, 0.2) is 42.5 Å². The number of halogens is 2. The zero-order valence-electron chi connectivity index (χ0n) is 12.2. The van der Waals surface area contributed by atoms with Crippen molar-refractivity contribution >= 4 is 5.91 Å². The molecule has 3 nitrogen and oxygen atoms in total. The summed E-state index contributed by atoms with van der Waals surface area (Å²) in [6, 6.07) is 10.7. The highest BCUT2D eigenvalue weighted by atomic mass is 19.1. The molecule has 0 saturated carbocycles. The van der Waals surface area contributed by atoms with Crippen molar-refractivity contribution in [2.24, 2.45) is 0 Å². The molecule has 0 radical (unpaired) electrons. The normalized spacial score (nSPS) is 10.3. The maximum Gasteiger partial charge on any atom is 0.224 e. The lowest BCUT2D eigenvalue weighted by Gasteiger charge is -2.09. The summed E-state index contributed by atoms with van der Waals surface area (Å²) in [4.78, 5) is 11.9. The minimum atomic E-state index is -0.610. The van der Waals surface area contributed by atoms with Crippen molar-refractivity contribution < 1.29 is 18.3 Å². The first kappa shape index (κ1) is 15.9. The van der Waals surface area contributed by atoms with E-state index in [4.69, 9.17) is 4.74 Å². The van der Waals surface area contributed by atoms with Gasteiger partial charge in [-0.2, -0.15) is 0 Å². The average molecular weight is 305 g/mol. The van der Waals surface area contributed by atoms with E-state index in [1.54, 1.807) is 13.2 Å². The smallest absolute Gasteiger partial charge is 0.224 e. The fourth-order valence-corrected chi connectivity index (χ4v) is 2.15. The van der Waals surface area contributed by atoms with Gasteiger partial charge in [-0.15, -0.1) is 0 Å². The Kier molecular flexibility index (Phi) is 5.47. The first-order valence-corrected chi connectivity index (χ1v) is 6.92. The molecule has 2 aromatic carbocycles. The number of carbonyl (C=O) groups excluding carboxylic acids is 1. The molecule has 2 rings (SSSR count). The predicted octanol–water partition coefficient (Wildman–Crippen LogP) is 2.87. The van der Waals surface area contributed by atoms with Crippen LogP contribution in [0, 0.1) is 11.6 Å². The van der Waals surface area contributed by atoms with Crippen LogP contribution < -0.4 is 10.1 Å². The number of para-hydroxylation sites is 1. The van der Waals surface area contributed by atoms with Crippen molar-refractivity contribution in [3.63, 3.8) is 0 Å². The molecule has 0 heterocycles. The average Bonchev–Trinajstić information content (AvgIpc) is 2.50. The van der Waals surface area contributed by atoms with Gasteiger partial charge in [0.15, 0.2) is 0 Å². The topological polar surface area (TPSA) is 38.3 Å². The number of ether oxygens (including phenoxy) is 1. The van der Waals surface area contributed by atoms with Crippen LogP contribution in [0.4, 0.5) is 8.78 Å². The molecule has 0 saturated heterocycles. The van der Waals surface area contributed by atoms with E-state index in [2.05, 4.69) is 5.32 Å². The Morgan fingerprint density at radius 2 is 1.91 bits per heavy atom. The van der Waals surface area contributed by atoms with Crippen LogP contribution in [0.3, 0.4) is 0 Å². The van der Waals surface area contributed by atoms with Crippen LogP contribution in [0.5, 0.6) is 5.75 Å². The Morgan fingerprint density at radius 3 is 2.64 bits per heavy atom. The summed E-state index contributed by atoms with van der Waals surface area (Å²) in [6.45, 7) is 0.288. The van der Waals surface area contributed by atoms with Crippen molar-refractivity contribution in [1.82, 2.24) is 5.32 Å². The molecule has 1 N–H and O–H groups in total. The second kappa shape index (κ2) is 7.54. The Labute approximate surface area is 127 Å². The lowest BCUT2D eigenvalue weighted by atomic mass is 10.1. The standard InChI is InChI=1S/C17H17F2NO2/c1-22-16-5-3-2-4-13(16)10-17(21)20-9-8-12-6-7-14(18)11-15(12)19/h2-7,11H,8-10H2,1H3,(H,20,21). The molecule has 116 valence electrons. The summed E-state index contributed by atoms with van der Waals surface area (Å²) in [7, 11) is 1.55. The third-order valence-electron chi connectivity index (χ3n) is 3.28. The van der Waals surface area contributed by atoms with Crippen molar-refractivity contribution in [2.45, 2.75) is 12.8 Å². The van der Waals surface area contributed by atoms with Crippen molar-refractivity contribution in [3.8, 4) is 5.75 Å². The van der Waals surface area contributed by atoms with Crippen LogP contribution in [-0.2, 0) is 17.6 Å². The van der Waals surface area contributed by atoms with E-state index >= 15 is 0 Å². The monoisotopic (exact) mass is 305 g/mol. The van der Waals surface area contributed by atoms with Gasteiger partial charge in [0.25, 0.3) is 0 Å². The lowest BCUT2D eigenvalue weighted by molar-refractivity contribution is -0.120. The van der Waals surface area contributed by atoms with Crippen molar-refractivity contribution in [2.75, 3.05) is 13.7 Å². The molecule has 1 amide bonds. The fraction of sp³-hybridized carbons (Fsp3) is 0.235. The highest BCUT2D eigenvalue weighted by Gasteiger charge is 2.08. The Morgan fingerprint density at radius 1 is 1.14 bits per heavy atom. The Balaban J connectivity index is 1.85. The van der Waals surface area contributed by atoms with Crippen LogP contribution in [0.25, 0.3) is 0 Å². The molecule has 0 spiro atoms. The molecule has 0 bridgehead atoms. The van der Waals surface area contributed by atoms with Gasteiger partial charge in [-0.25, -0.2) is 8.78 Å². The molecule has 2 aromatic rings. The minimum absolute atomic E-state index is 0.174. The number of carbonyl (C=O) groups is 1. The van der Waals surface area contributed by atoms with Gasteiger partial charge < -0.3 is 10.1 Å². The fourth-order valence-electron chi connectivity index (χ4n) is 2.15. The molecule has 5 heteroatoms. The molecule has 0 aliphatic heterocycles. The summed E-state index contributed by atoms with van der Waals surface area (Å²) in [6.07, 6.45) is 0.500. The first-order chi connectivity index (χ1) is 10.6. The molecule has 0 fully saturated rings. The van der Waals surface area contributed by atoms with Crippen LogP contribution in [-0.4, -0.2) is 19.6 Å². The second-order valence-electron chi connectivity index (χ2n) is 4.82. The summed E-state index contributed by atoms with van der Waals surface area (Å²) < 4.78 is 31.4. The van der Waals surface area contributed by atoms with Crippen molar-refractivity contribution in [1.29, 1.82) is 0 Å². The first-order valence-electron chi connectivity index (χ1n) is 6.92. The molecular formula is C17H17F2NO2. The highest BCUT2D eigenvalue weighted by molar-refractivity contribution is 5.79. The van der Waals surface area contributed by atoms with Gasteiger partial charge in [-0.1, -0.05) is 24.3 Å². The summed E-state index contributed by atoms with van der Waals surface area (Å²) in [5.74, 6) is -0.727. The van der Waals surface area contributed by atoms with Gasteiger partial charge in [0, 0.05) is 18.2 Å². The zero-order valence-corrected chi connectivity index (χ0v) is 12.2. The van der Waals surface area contributed by atoms with Gasteiger partial charge >= 0.3 is 0 Å². The number of amides is 1. The van der Waals surface area contributed by atoms with E-state index in [1.165, 1.54) is 12.1 Å². The predicted molar refractivity (Wildman–Crippen MR) is 79.8 cm³/mol. The van der Waals surface area contributed by atoms with Gasteiger partial charge in [0.2, 0.25) is 5.91 Å². The second-order valence-corrected chi connectivity index (χ2v) is 4.82. The molecular weight excluding hydrogens is 288 g/mol. The molecule has 0 atom stereocenters. The van der Waals surface area contributed by atoms with Gasteiger partial charge in [-0.3, -0.25) is 4.79 Å². The van der Waals surface area contributed by atoms with Crippen molar-refractivity contribution in [3.05, 3.63) is 65.2 Å². The van der Waals surface area contributed by atoms with Gasteiger partial charge in [-0.05, 0) is 24.1 Å². The summed E-state index contributed by atoms with van der Waals surface area (Å²) >= 11 is 0. The van der Waals surface area contributed by atoms with Crippen LogP contribution in [0.1, 0.15) is 11.1 Å². The highest BCUT2D eigenvalue weighted by Crippen LogP contribution is 2.17. The largest absolute Gasteiger partial charge is 0.496 e. The maximum atomic E-state index is 13.5. The number of nitrogens with one attached hydrogen (secondary N) is 1. The zero-order chi connectivity index (χ0) is 15.9. The van der Waals surface area contributed by atoms with Gasteiger partial charge in [0.05, 0.1) is 13.5 Å². The third kappa shape index (κ3) is 4.28. The summed E-state index contributed by atoms with van der Waals surface area (Å²) in [5.41, 5.74) is 1.16. The molecule has 0 aromatic heterocycles. The molecule has 0 aliphatic rings. The van der Waals surface area contributed by atoms with E-state index in [-0.39, 0.29) is 18.9 Å². The number of methoxy groups -OCH3 is 1. The maximum absolute atomic E-state index is 13.5. The number of hydrogen-bond donors (Lipinski definition) is 1. The minimum Gasteiger partial charge on any atom is -0.496 e.